The summed E-state index contributed by atoms with van der Waals surface area (Å²) in [5, 5.41) is 13.4. The molecule has 6 heteroatoms. The number of aryl methyl sites for hydroxylation is 1. The molecular weight excluding hydrogens is 281 g/mol. The largest absolute Gasteiger partial charge is 0.390 e. The molecule has 0 radical (unpaired) electrons. The fraction of sp³-hybridized carbons (Fsp3) is 0.357. The molecular formula is C14H15ClFN3O. The van der Waals surface area contributed by atoms with Crippen molar-refractivity contribution in [1.29, 1.82) is 0 Å². The number of hydrogen-bond donors (Lipinski definition) is 2. The summed E-state index contributed by atoms with van der Waals surface area (Å²) in [6, 6.07) is 3.14. The Morgan fingerprint density at radius 2 is 2.25 bits per heavy atom. The fourth-order valence-electron chi connectivity index (χ4n) is 2.57. The van der Waals surface area contributed by atoms with Crippen molar-refractivity contribution in [2.75, 3.05) is 13.1 Å². The maximum Gasteiger partial charge on any atom is 0.144 e. The molecule has 0 amide bonds. The van der Waals surface area contributed by atoms with Gasteiger partial charge in [0.1, 0.15) is 11.6 Å². The van der Waals surface area contributed by atoms with Gasteiger partial charge in [-0.3, -0.25) is 0 Å². The van der Waals surface area contributed by atoms with Gasteiger partial charge in [0, 0.05) is 25.5 Å². The van der Waals surface area contributed by atoms with Crippen molar-refractivity contribution in [1.82, 2.24) is 14.9 Å². The first-order valence-corrected chi connectivity index (χ1v) is 6.84. The summed E-state index contributed by atoms with van der Waals surface area (Å²) >= 11 is 6.14. The van der Waals surface area contributed by atoms with Crippen LogP contribution < -0.4 is 5.32 Å². The van der Waals surface area contributed by atoms with Crippen molar-refractivity contribution in [2.45, 2.75) is 19.1 Å². The van der Waals surface area contributed by atoms with E-state index in [4.69, 9.17) is 11.6 Å². The van der Waals surface area contributed by atoms with E-state index in [9.17, 15) is 9.50 Å². The highest BCUT2D eigenvalue weighted by molar-refractivity contribution is 6.33. The van der Waals surface area contributed by atoms with E-state index in [0.717, 1.165) is 0 Å². The average Bonchev–Trinajstić information content (AvgIpc) is 3.03. The number of β-amino-alcohol motifs (C(OH)–C–C–N with tert-alkyl or cyclic N) is 1. The number of rotatable bonds is 2. The third kappa shape index (κ3) is 2.12. The van der Waals surface area contributed by atoms with Gasteiger partial charge >= 0.3 is 0 Å². The first-order chi connectivity index (χ1) is 9.59. The maximum atomic E-state index is 14.4. The van der Waals surface area contributed by atoms with E-state index in [1.54, 1.807) is 36.0 Å². The van der Waals surface area contributed by atoms with Crippen LogP contribution >= 0.6 is 11.6 Å². The third-order valence-corrected chi connectivity index (χ3v) is 4.00. The molecule has 2 N–H and O–H groups in total. The van der Waals surface area contributed by atoms with E-state index in [1.807, 2.05) is 0 Å². The lowest BCUT2D eigenvalue weighted by atomic mass is 10.1. The van der Waals surface area contributed by atoms with Crippen LogP contribution in [0.2, 0.25) is 5.02 Å². The molecule has 1 aliphatic heterocycles. The van der Waals surface area contributed by atoms with Crippen LogP contribution in [0.4, 0.5) is 4.39 Å². The van der Waals surface area contributed by atoms with E-state index >= 15 is 0 Å². The quantitative estimate of drug-likeness (QED) is 0.893. The van der Waals surface area contributed by atoms with E-state index in [0.29, 0.717) is 29.5 Å². The summed E-state index contributed by atoms with van der Waals surface area (Å²) in [6.45, 7) is 2.83. The van der Waals surface area contributed by atoms with Crippen LogP contribution in [0.25, 0.3) is 11.4 Å². The van der Waals surface area contributed by atoms with Gasteiger partial charge in [0.15, 0.2) is 0 Å². The van der Waals surface area contributed by atoms with Gasteiger partial charge in [0.25, 0.3) is 0 Å². The van der Waals surface area contributed by atoms with Crippen LogP contribution in [0.5, 0.6) is 0 Å². The molecule has 1 aromatic carbocycles. The monoisotopic (exact) mass is 295 g/mol. The van der Waals surface area contributed by atoms with Gasteiger partial charge in [-0.1, -0.05) is 17.7 Å². The Hall–Kier alpha value is -1.43. The lowest BCUT2D eigenvalue weighted by Gasteiger charge is -2.19. The predicted octanol–water partition coefficient (Wildman–Crippen LogP) is 2.16. The van der Waals surface area contributed by atoms with Gasteiger partial charge in [-0.05, 0) is 18.6 Å². The van der Waals surface area contributed by atoms with E-state index in [2.05, 4.69) is 10.3 Å². The summed E-state index contributed by atoms with van der Waals surface area (Å²) in [7, 11) is 0. The topological polar surface area (TPSA) is 50.1 Å². The highest BCUT2D eigenvalue weighted by atomic mass is 35.5. The second kappa shape index (κ2) is 5.16. The molecule has 2 heterocycles. The first-order valence-electron chi connectivity index (χ1n) is 6.46. The predicted molar refractivity (Wildman–Crippen MR) is 75.3 cm³/mol. The first kappa shape index (κ1) is 13.5. The Morgan fingerprint density at radius 3 is 2.95 bits per heavy atom. The zero-order valence-corrected chi connectivity index (χ0v) is 11.7. The number of aromatic nitrogens is 2. The molecule has 2 atom stereocenters. The number of imidazole rings is 1. The van der Waals surface area contributed by atoms with Crippen LogP contribution in [-0.4, -0.2) is 33.9 Å². The Labute approximate surface area is 121 Å². The summed E-state index contributed by atoms with van der Waals surface area (Å²) in [5.41, 5.74) is 0.805. The zero-order chi connectivity index (χ0) is 14.3. The SMILES string of the molecule is Cc1ccc(Cl)c(-c2nccn2[C@H]2CNC[C@@H]2O)c1F. The second-order valence-electron chi connectivity index (χ2n) is 5.00. The molecule has 1 fully saturated rings. The summed E-state index contributed by atoms with van der Waals surface area (Å²) < 4.78 is 16.2. The molecule has 1 aromatic heterocycles. The normalized spacial score (nSPS) is 22.4. The number of hydrogen-bond acceptors (Lipinski definition) is 3. The van der Waals surface area contributed by atoms with Gasteiger partial charge in [0.2, 0.25) is 0 Å². The second-order valence-corrected chi connectivity index (χ2v) is 5.41. The number of nitrogens with zero attached hydrogens (tertiary/aromatic N) is 2. The number of benzene rings is 1. The molecule has 2 aromatic rings. The van der Waals surface area contributed by atoms with Crippen LogP contribution in [0, 0.1) is 12.7 Å². The fourth-order valence-corrected chi connectivity index (χ4v) is 2.80. The average molecular weight is 296 g/mol. The smallest absolute Gasteiger partial charge is 0.144 e. The highest BCUT2D eigenvalue weighted by Gasteiger charge is 2.29. The van der Waals surface area contributed by atoms with Gasteiger partial charge < -0.3 is 15.0 Å². The lowest BCUT2D eigenvalue weighted by molar-refractivity contribution is 0.151. The van der Waals surface area contributed by atoms with Crippen molar-refractivity contribution in [2.24, 2.45) is 0 Å². The Morgan fingerprint density at radius 1 is 1.45 bits per heavy atom. The lowest BCUT2D eigenvalue weighted by Crippen LogP contribution is -2.22. The van der Waals surface area contributed by atoms with Gasteiger partial charge in [-0.15, -0.1) is 0 Å². The molecule has 0 bridgehead atoms. The van der Waals surface area contributed by atoms with E-state index < -0.39 is 6.10 Å². The number of nitrogens with one attached hydrogen (secondary N) is 1. The Balaban J connectivity index is 2.13. The standard InChI is InChI=1S/C14H15ClFN3O/c1-8-2-3-9(15)12(13(8)16)14-18-4-5-19(14)10-6-17-7-11(10)20/h2-5,10-11,17,20H,6-7H2,1H3/t10-,11-/m0/s1. The zero-order valence-electron chi connectivity index (χ0n) is 11.0. The summed E-state index contributed by atoms with van der Waals surface area (Å²) in [4.78, 5) is 4.23. The minimum atomic E-state index is -0.519. The molecule has 106 valence electrons. The van der Waals surface area contributed by atoms with Gasteiger partial charge in [0.05, 0.1) is 22.7 Å². The molecule has 0 unspecified atom stereocenters. The van der Waals surface area contributed by atoms with Crippen molar-refractivity contribution in [3.8, 4) is 11.4 Å². The number of halogens is 2. The molecule has 1 saturated heterocycles. The molecule has 4 nitrogen and oxygen atoms in total. The summed E-state index contributed by atoms with van der Waals surface area (Å²) in [6.07, 6.45) is 2.82. The van der Waals surface area contributed by atoms with Crippen molar-refractivity contribution in [3.05, 3.63) is 40.9 Å². The van der Waals surface area contributed by atoms with Crippen LogP contribution in [-0.2, 0) is 0 Å². The molecule has 1 aliphatic rings. The van der Waals surface area contributed by atoms with E-state index in [1.165, 1.54) is 0 Å². The van der Waals surface area contributed by atoms with Crippen LogP contribution in [0.1, 0.15) is 11.6 Å². The maximum absolute atomic E-state index is 14.4. The van der Waals surface area contributed by atoms with Gasteiger partial charge in [-0.25, -0.2) is 9.37 Å². The Kier molecular flexibility index (Phi) is 3.50. The van der Waals surface area contributed by atoms with Crippen LogP contribution in [0.15, 0.2) is 24.5 Å². The Bertz CT molecular complexity index is 643. The molecule has 3 rings (SSSR count). The molecule has 20 heavy (non-hydrogen) atoms. The third-order valence-electron chi connectivity index (χ3n) is 3.68. The van der Waals surface area contributed by atoms with Crippen molar-refractivity contribution < 1.29 is 9.50 Å². The molecule has 0 aliphatic carbocycles. The molecule has 0 spiro atoms. The molecule has 0 saturated carbocycles. The number of aliphatic hydroxyl groups excluding tert-OH is 1. The highest BCUT2D eigenvalue weighted by Crippen LogP contribution is 2.33. The summed E-state index contributed by atoms with van der Waals surface area (Å²) in [5.74, 6) is 0.0781. The van der Waals surface area contributed by atoms with E-state index in [-0.39, 0.29) is 17.4 Å². The minimum Gasteiger partial charge on any atom is -0.390 e. The minimum absolute atomic E-state index is 0.163. The van der Waals surface area contributed by atoms with Crippen molar-refractivity contribution in [3.63, 3.8) is 0 Å². The number of aliphatic hydroxyl groups is 1. The van der Waals surface area contributed by atoms with Gasteiger partial charge in [-0.2, -0.15) is 0 Å². The van der Waals surface area contributed by atoms with Crippen LogP contribution in [0.3, 0.4) is 0 Å². The van der Waals surface area contributed by atoms with Crippen molar-refractivity contribution >= 4 is 11.6 Å².